The Morgan fingerprint density at radius 1 is 1.06 bits per heavy atom. The Labute approximate surface area is 271 Å². The minimum atomic E-state index is -2.11. The van der Waals surface area contributed by atoms with Crippen LogP contribution in [0.3, 0.4) is 0 Å². The third kappa shape index (κ3) is 5.91. The van der Waals surface area contributed by atoms with Gasteiger partial charge in [-0.2, -0.15) is 0 Å². The monoisotopic (exact) mass is 659 g/mol. The zero-order valence-electron chi connectivity index (χ0n) is 26.6. The number of Topliss-reactive ketones (excluding diaryl/α,β-unsaturated/α-hetero) is 1. The van der Waals surface area contributed by atoms with Crippen LogP contribution in [0.4, 0.5) is 9.18 Å². The third-order valence-corrected chi connectivity index (χ3v) is 11.5. The fourth-order valence-electron chi connectivity index (χ4n) is 8.66. The van der Waals surface area contributed by atoms with Gasteiger partial charge >= 0.3 is 6.09 Å². The summed E-state index contributed by atoms with van der Waals surface area (Å²) in [6, 6.07) is 6.78. The van der Waals surface area contributed by atoms with Gasteiger partial charge < -0.3 is 25.6 Å². The van der Waals surface area contributed by atoms with Gasteiger partial charge in [0.1, 0.15) is 6.54 Å². The van der Waals surface area contributed by atoms with Gasteiger partial charge in [-0.3, -0.25) is 24.8 Å². The van der Waals surface area contributed by atoms with Gasteiger partial charge in [0.25, 0.3) is 0 Å². The smallest absolute Gasteiger partial charge is 0.408 e. The Kier molecular flexibility index (Phi) is 9.49. The van der Waals surface area contributed by atoms with Gasteiger partial charge in [-0.05, 0) is 74.1 Å². The molecule has 0 aromatic heterocycles. The van der Waals surface area contributed by atoms with Crippen LogP contribution in [0.5, 0.6) is 0 Å². The Balaban J connectivity index is 1.17. The molecule has 256 valence electrons. The average Bonchev–Trinajstić information content (AvgIpc) is 3.23. The van der Waals surface area contributed by atoms with E-state index in [4.69, 9.17) is 15.2 Å². The Morgan fingerprint density at radius 3 is 2.51 bits per heavy atom. The molecule has 47 heavy (non-hydrogen) atoms. The molecule has 1 aromatic carbocycles. The van der Waals surface area contributed by atoms with E-state index >= 15 is 4.39 Å². The van der Waals surface area contributed by atoms with Crippen LogP contribution < -0.4 is 10.6 Å². The van der Waals surface area contributed by atoms with Gasteiger partial charge in [-0.1, -0.05) is 42.8 Å². The number of alkyl halides is 1. The second-order valence-corrected chi connectivity index (χ2v) is 13.7. The zero-order chi connectivity index (χ0) is 34.4. The van der Waals surface area contributed by atoms with Crippen molar-refractivity contribution < 1.29 is 53.8 Å². The number of rotatable bonds is 10. The second-order valence-electron chi connectivity index (χ2n) is 13.7. The maximum atomic E-state index is 17.3. The quantitative estimate of drug-likeness (QED) is 0.202. The molecule has 5 rings (SSSR count). The number of carbonyl (C=O) groups is 4. The minimum absolute atomic E-state index is 0.109. The molecule has 4 aliphatic carbocycles. The molecule has 6 N–H and O–H groups in total. The van der Waals surface area contributed by atoms with Crippen molar-refractivity contribution in [2.45, 2.75) is 77.5 Å². The molecular weight excluding hydrogens is 617 g/mol. The lowest BCUT2D eigenvalue weighted by atomic mass is 9.43. The van der Waals surface area contributed by atoms with E-state index in [1.807, 2.05) is 0 Å². The van der Waals surface area contributed by atoms with E-state index in [1.54, 1.807) is 51.1 Å². The van der Waals surface area contributed by atoms with E-state index in [9.17, 15) is 29.4 Å². The first-order chi connectivity index (χ1) is 22.1. The van der Waals surface area contributed by atoms with Crippen molar-refractivity contribution in [3.05, 3.63) is 59.2 Å². The molecule has 0 unspecified atom stereocenters. The number of carbonyl (C=O) groups excluding carboxylic acids is 4. The highest BCUT2D eigenvalue weighted by Gasteiger charge is 2.75. The van der Waals surface area contributed by atoms with Crippen LogP contribution in [0.25, 0.3) is 0 Å². The summed E-state index contributed by atoms with van der Waals surface area (Å²) < 4.78 is 22.5. The van der Waals surface area contributed by atoms with Crippen molar-refractivity contribution in [3.63, 3.8) is 0 Å². The number of ketones is 2. The van der Waals surface area contributed by atoms with Gasteiger partial charge in [0, 0.05) is 17.9 Å². The van der Waals surface area contributed by atoms with E-state index in [0.717, 1.165) is 0 Å². The number of ether oxygens (including phenoxy) is 1. The number of halogens is 1. The van der Waals surface area contributed by atoms with Crippen LogP contribution in [-0.4, -0.2) is 80.6 Å². The second kappa shape index (κ2) is 12.8. The number of hydrogen-bond donors (Lipinski definition) is 6. The van der Waals surface area contributed by atoms with Crippen molar-refractivity contribution >= 4 is 23.6 Å². The molecule has 13 nitrogen and oxygen atoms in total. The molecular formula is C33H42FN3O10. The number of aliphatic hydroxyl groups excluding tert-OH is 2. The summed E-state index contributed by atoms with van der Waals surface area (Å²) in [6.45, 7) is 3.90. The van der Waals surface area contributed by atoms with Crippen molar-refractivity contribution in [2.75, 3.05) is 13.2 Å². The first-order valence-corrected chi connectivity index (χ1v) is 15.6. The van der Waals surface area contributed by atoms with Gasteiger partial charge in [0.2, 0.25) is 5.91 Å². The Hall–Kier alpha value is -3.53. The molecule has 0 aliphatic heterocycles. The number of amides is 2. The van der Waals surface area contributed by atoms with Crippen LogP contribution in [-0.2, 0) is 37.1 Å². The zero-order valence-corrected chi connectivity index (χ0v) is 26.6. The molecule has 0 spiro atoms. The molecule has 2 amide bonds. The normalized spacial score (nSPS) is 35.8. The van der Waals surface area contributed by atoms with E-state index < -0.39 is 82.3 Å². The van der Waals surface area contributed by atoms with E-state index in [0.29, 0.717) is 29.5 Å². The summed E-state index contributed by atoms with van der Waals surface area (Å²) in [4.78, 5) is 55.1. The predicted octanol–water partition coefficient (Wildman–Crippen LogP) is 2.46. The average molecular weight is 660 g/mol. The molecule has 14 heteroatoms. The predicted molar refractivity (Wildman–Crippen MR) is 161 cm³/mol. The number of benzene rings is 1. The number of hydrogen-bond acceptors (Lipinski definition) is 11. The van der Waals surface area contributed by atoms with Gasteiger partial charge in [0.05, 0.1) is 29.6 Å². The fraction of sp³-hybridized carbons (Fsp3) is 0.576. The SMILES string of the molecule is C[C@]12C=CC(=O)C=C1CC[C@H]1[C@@H]3C[C@@H](O)[C@@](C)(C(=O)COC(=O)NCC(=O)NCc4cccc(CON(O)O)c4)[C@@]3(C)C[C@H](O)[C@@]12F. The number of fused-ring (bicyclic) bond motifs is 5. The maximum absolute atomic E-state index is 17.3. The Bertz CT molecular complexity index is 1500. The largest absolute Gasteiger partial charge is 0.442 e. The minimum Gasteiger partial charge on any atom is -0.442 e. The summed E-state index contributed by atoms with van der Waals surface area (Å²) in [5.74, 6) is -2.49. The van der Waals surface area contributed by atoms with Crippen molar-refractivity contribution in [3.8, 4) is 0 Å². The lowest BCUT2D eigenvalue weighted by molar-refractivity contribution is -0.497. The molecule has 1 aromatic rings. The molecule has 0 heterocycles. The highest BCUT2D eigenvalue weighted by molar-refractivity contribution is 6.01. The third-order valence-electron chi connectivity index (χ3n) is 11.5. The summed E-state index contributed by atoms with van der Waals surface area (Å²) in [6.07, 6.45) is 1.46. The van der Waals surface area contributed by atoms with Crippen LogP contribution in [0.1, 0.15) is 57.6 Å². The number of nitrogens with one attached hydrogen (secondary N) is 2. The summed E-state index contributed by atoms with van der Waals surface area (Å²) >= 11 is 0. The van der Waals surface area contributed by atoms with E-state index in [1.165, 1.54) is 12.2 Å². The first kappa shape index (κ1) is 34.8. The van der Waals surface area contributed by atoms with E-state index in [-0.39, 0.29) is 31.8 Å². The topological polar surface area (TPSA) is 195 Å². The van der Waals surface area contributed by atoms with Crippen LogP contribution in [0.15, 0.2) is 48.1 Å². The van der Waals surface area contributed by atoms with Gasteiger partial charge in [-0.15, -0.1) is 0 Å². The number of aliphatic hydroxyl groups is 2. The highest BCUT2D eigenvalue weighted by atomic mass is 19.1. The maximum Gasteiger partial charge on any atom is 0.408 e. The van der Waals surface area contributed by atoms with Crippen molar-refractivity contribution in [1.82, 2.24) is 16.0 Å². The lowest BCUT2D eigenvalue weighted by Crippen LogP contribution is -2.68. The van der Waals surface area contributed by atoms with Crippen LogP contribution in [0, 0.1) is 28.1 Å². The Morgan fingerprint density at radius 2 is 1.79 bits per heavy atom. The molecule has 8 atom stereocenters. The number of allylic oxidation sites excluding steroid dienone is 4. The first-order valence-electron chi connectivity index (χ1n) is 15.6. The lowest BCUT2D eigenvalue weighted by Gasteiger charge is -2.62. The summed E-state index contributed by atoms with van der Waals surface area (Å²) in [5.41, 5.74) is -3.85. The summed E-state index contributed by atoms with van der Waals surface area (Å²) in [7, 11) is 0. The molecule has 0 radical (unpaired) electrons. The molecule has 0 saturated heterocycles. The molecule has 0 bridgehead atoms. The van der Waals surface area contributed by atoms with Crippen molar-refractivity contribution in [1.29, 1.82) is 0 Å². The van der Waals surface area contributed by atoms with Gasteiger partial charge in [-0.25, -0.2) is 14.0 Å². The van der Waals surface area contributed by atoms with E-state index in [2.05, 4.69) is 15.5 Å². The van der Waals surface area contributed by atoms with Gasteiger partial charge in [0.15, 0.2) is 23.8 Å². The van der Waals surface area contributed by atoms with Crippen molar-refractivity contribution in [2.24, 2.45) is 28.1 Å². The molecule has 3 fully saturated rings. The number of alkyl carbamates (subject to hydrolysis) is 1. The fourth-order valence-corrected chi connectivity index (χ4v) is 8.66. The van der Waals surface area contributed by atoms with Crippen LogP contribution >= 0.6 is 0 Å². The summed E-state index contributed by atoms with van der Waals surface area (Å²) in [5, 5.41) is 44.7. The molecule has 4 aliphatic rings. The van der Waals surface area contributed by atoms with Crippen LogP contribution in [0.2, 0.25) is 0 Å². The standard InChI is InChI=1S/C33H42FN3O10/c1-30-10-9-22(38)12-21(30)7-8-23-24-13-25(39)32(3,31(24,2)14-26(40)33(23,30)34)27(41)18-46-29(43)36-16-28(42)35-15-19-5-4-6-20(11-19)17-47-37(44)45/h4-6,9-12,23-26,39-40,44-45H,7-8,13-18H2,1-3H3,(H,35,42)(H,36,43)/t23-,24-,25+,26-,30-,31-,32-,33-/m0/s1. The highest BCUT2D eigenvalue weighted by Crippen LogP contribution is 2.71. The number of nitrogens with zero attached hydrogens (tertiary/aromatic N) is 1. The molecule has 3 saturated carbocycles.